The highest BCUT2D eigenvalue weighted by Gasteiger charge is 2.03. The molecule has 0 atom stereocenters. The van der Waals surface area contributed by atoms with E-state index in [9.17, 15) is 0 Å². The maximum Gasteiger partial charge on any atom is 0.0948 e. The molecule has 4 nitrogen and oxygen atoms in total. The Morgan fingerprint density at radius 1 is 1.22 bits per heavy atom. The predicted molar refractivity (Wildman–Crippen MR) is 72.1 cm³/mol. The molecule has 2 rings (SSSR count). The summed E-state index contributed by atoms with van der Waals surface area (Å²) in [6, 6.07) is 4.61. The van der Waals surface area contributed by atoms with Crippen molar-refractivity contribution in [2.75, 3.05) is 0 Å². The van der Waals surface area contributed by atoms with Crippen LogP contribution >= 0.6 is 0 Å². The van der Waals surface area contributed by atoms with E-state index in [1.165, 1.54) is 11.3 Å². The summed E-state index contributed by atoms with van der Waals surface area (Å²) in [5.41, 5.74) is 2.54. The van der Waals surface area contributed by atoms with Crippen molar-refractivity contribution in [1.29, 1.82) is 0 Å². The molecule has 18 heavy (non-hydrogen) atoms. The third-order valence-corrected chi connectivity index (χ3v) is 2.88. The molecule has 0 radical (unpaired) electrons. The van der Waals surface area contributed by atoms with Crippen LogP contribution in [0.2, 0.25) is 0 Å². The Balaban J connectivity index is 1.91. The van der Waals surface area contributed by atoms with Crippen molar-refractivity contribution >= 4 is 0 Å². The first-order valence-corrected chi connectivity index (χ1v) is 6.37. The molecule has 2 heterocycles. The highest BCUT2D eigenvalue weighted by Crippen LogP contribution is 2.04. The zero-order valence-electron chi connectivity index (χ0n) is 11.0. The molecule has 0 aliphatic heterocycles. The summed E-state index contributed by atoms with van der Waals surface area (Å²) in [6.45, 7) is 6.13. The molecule has 2 aromatic heterocycles. The van der Waals surface area contributed by atoms with Crippen molar-refractivity contribution in [3.8, 4) is 0 Å². The van der Waals surface area contributed by atoms with Crippen LogP contribution in [-0.2, 0) is 19.5 Å². The summed E-state index contributed by atoms with van der Waals surface area (Å²) in [5, 5.41) is 3.42. The second-order valence-corrected chi connectivity index (χ2v) is 4.72. The van der Waals surface area contributed by atoms with Crippen LogP contribution in [0.3, 0.4) is 0 Å². The van der Waals surface area contributed by atoms with Crippen molar-refractivity contribution in [3.05, 3.63) is 48.3 Å². The zero-order valence-corrected chi connectivity index (χ0v) is 11.0. The average Bonchev–Trinajstić information content (AvgIpc) is 2.82. The van der Waals surface area contributed by atoms with Gasteiger partial charge in [0.15, 0.2) is 0 Å². The van der Waals surface area contributed by atoms with Gasteiger partial charge >= 0.3 is 0 Å². The summed E-state index contributed by atoms with van der Waals surface area (Å²) in [7, 11) is 0. The number of imidazole rings is 1. The number of rotatable bonds is 6. The van der Waals surface area contributed by atoms with Crippen LogP contribution in [0.5, 0.6) is 0 Å². The third-order valence-electron chi connectivity index (χ3n) is 2.88. The van der Waals surface area contributed by atoms with Crippen molar-refractivity contribution in [3.63, 3.8) is 0 Å². The topological polar surface area (TPSA) is 42.7 Å². The van der Waals surface area contributed by atoms with Gasteiger partial charge in [0.05, 0.1) is 12.0 Å². The van der Waals surface area contributed by atoms with Crippen LogP contribution in [0.25, 0.3) is 0 Å². The number of aryl methyl sites for hydroxylation is 2. The minimum Gasteiger partial charge on any atom is -0.333 e. The molecule has 0 amide bonds. The maximum absolute atomic E-state index is 4.22. The molecule has 1 N–H and O–H groups in total. The Kier molecular flexibility index (Phi) is 4.47. The lowest BCUT2D eigenvalue weighted by atomic mass is 10.2. The molecule has 0 aromatic carbocycles. The first-order chi connectivity index (χ1) is 8.75. The molecule has 0 unspecified atom stereocenters. The van der Waals surface area contributed by atoms with E-state index < -0.39 is 0 Å². The minimum atomic E-state index is 0.494. The Morgan fingerprint density at radius 3 is 2.72 bits per heavy atom. The van der Waals surface area contributed by atoms with Gasteiger partial charge in [0.1, 0.15) is 0 Å². The normalized spacial score (nSPS) is 11.1. The van der Waals surface area contributed by atoms with E-state index in [2.05, 4.69) is 45.8 Å². The van der Waals surface area contributed by atoms with E-state index in [4.69, 9.17) is 0 Å². The van der Waals surface area contributed by atoms with E-state index in [0.29, 0.717) is 6.04 Å². The van der Waals surface area contributed by atoms with Crippen molar-refractivity contribution in [2.45, 2.75) is 39.4 Å². The fourth-order valence-corrected chi connectivity index (χ4v) is 1.80. The molecule has 0 saturated carbocycles. The Bertz CT molecular complexity index is 462. The number of aromatic nitrogens is 3. The summed E-state index contributed by atoms with van der Waals surface area (Å²) in [5.74, 6) is 0. The molecule has 0 bridgehead atoms. The van der Waals surface area contributed by atoms with E-state index >= 15 is 0 Å². The highest BCUT2D eigenvalue weighted by molar-refractivity contribution is 5.10. The largest absolute Gasteiger partial charge is 0.333 e. The number of nitrogens with one attached hydrogen (secondary N) is 1. The standard InChI is InChI=1S/C14H20N4/c1-12(2)17-10-14-9-16-11-18(14)8-5-13-3-6-15-7-4-13/h3-4,6-7,9,11-12,17H,5,8,10H2,1-2H3. The first kappa shape index (κ1) is 12.8. The van der Waals surface area contributed by atoms with Gasteiger partial charge in [-0.25, -0.2) is 4.98 Å². The molecule has 0 fully saturated rings. The minimum absolute atomic E-state index is 0.494. The van der Waals surface area contributed by atoms with E-state index in [0.717, 1.165) is 19.5 Å². The van der Waals surface area contributed by atoms with Crippen molar-refractivity contribution in [2.24, 2.45) is 0 Å². The van der Waals surface area contributed by atoms with Gasteiger partial charge in [0.25, 0.3) is 0 Å². The monoisotopic (exact) mass is 244 g/mol. The van der Waals surface area contributed by atoms with Crippen LogP contribution in [0.1, 0.15) is 25.1 Å². The van der Waals surface area contributed by atoms with Gasteiger partial charge in [0.2, 0.25) is 0 Å². The van der Waals surface area contributed by atoms with Crippen molar-refractivity contribution < 1.29 is 0 Å². The second kappa shape index (κ2) is 6.31. The quantitative estimate of drug-likeness (QED) is 0.845. The molecule has 0 aliphatic rings. The van der Waals surface area contributed by atoms with Gasteiger partial charge in [0, 0.05) is 37.7 Å². The SMILES string of the molecule is CC(C)NCc1cncn1CCc1ccncc1. The van der Waals surface area contributed by atoms with Gasteiger partial charge in [-0.15, -0.1) is 0 Å². The highest BCUT2D eigenvalue weighted by atomic mass is 15.1. The summed E-state index contributed by atoms with van der Waals surface area (Å²) < 4.78 is 2.20. The van der Waals surface area contributed by atoms with E-state index in [1.54, 1.807) is 0 Å². The predicted octanol–water partition coefficient (Wildman–Crippen LogP) is 2.02. The number of pyridine rings is 1. The van der Waals surface area contributed by atoms with Gasteiger partial charge in [-0.2, -0.15) is 0 Å². The smallest absolute Gasteiger partial charge is 0.0948 e. The van der Waals surface area contributed by atoms with Crippen LogP contribution in [0.4, 0.5) is 0 Å². The molecular weight excluding hydrogens is 224 g/mol. The number of hydrogen-bond donors (Lipinski definition) is 1. The third kappa shape index (κ3) is 3.67. The average molecular weight is 244 g/mol. The van der Waals surface area contributed by atoms with Gasteiger partial charge in [-0.1, -0.05) is 13.8 Å². The lowest BCUT2D eigenvalue weighted by molar-refractivity contribution is 0.554. The first-order valence-electron chi connectivity index (χ1n) is 6.37. The second-order valence-electron chi connectivity index (χ2n) is 4.72. The van der Waals surface area contributed by atoms with E-state index in [1.807, 2.05) is 24.9 Å². The van der Waals surface area contributed by atoms with Crippen molar-refractivity contribution in [1.82, 2.24) is 19.9 Å². The summed E-state index contributed by atoms with van der Waals surface area (Å²) in [6.07, 6.45) is 8.52. The maximum atomic E-state index is 4.22. The fraction of sp³-hybridized carbons (Fsp3) is 0.429. The molecule has 0 spiro atoms. The van der Waals surface area contributed by atoms with Gasteiger partial charge < -0.3 is 9.88 Å². The lowest BCUT2D eigenvalue weighted by Gasteiger charge is -2.11. The van der Waals surface area contributed by atoms with Crippen LogP contribution in [-0.4, -0.2) is 20.6 Å². The van der Waals surface area contributed by atoms with Crippen LogP contribution in [0, 0.1) is 0 Å². The van der Waals surface area contributed by atoms with Crippen LogP contribution in [0.15, 0.2) is 37.1 Å². The summed E-state index contributed by atoms with van der Waals surface area (Å²) >= 11 is 0. The lowest BCUT2D eigenvalue weighted by Crippen LogP contribution is -2.23. The number of hydrogen-bond acceptors (Lipinski definition) is 3. The molecule has 4 heteroatoms. The molecule has 0 aliphatic carbocycles. The molecule has 96 valence electrons. The van der Waals surface area contributed by atoms with E-state index in [-0.39, 0.29) is 0 Å². The fourth-order valence-electron chi connectivity index (χ4n) is 1.80. The molecule has 0 saturated heterocycles. The Labute approximate surface area is 108 Å². The van der Waals surface area contributed by atoms with Crippen LogP contribution < -0.4 is 5.32 Å². The molecular formula is C14H20N4. The zero-order chi connectivity index (χ0) is 12.8. The Hall–Kier alpha value is -1.68. The van der Waals surface area contributed by atoms with Gasteiger partial charge in [-0.05, 0) is 24.1 Å². The van der Waals surface area contributed by atoms with Gasteiger partial charge in [-0.3, -0.25) is 4.98 Å². The number of nitrogens with zero attached hydrogens (tertiary/aromatic N) is 3. The summed E-state index contributed by atoms with van der Waals surface area (Å²) in [4.78, 5) is 8.25. The Morgan fingerprint density at radius 2 is 2.00 bits per heavy atom. The molecule has 2 aromatic rings.